The fourth-order valence-corrected chi connectivity index (χ4v) is 2.57. The predicted octanol–water partition coefficient (Wildman–Crippen LogP) is 4.63. The first-order chi connectivity index (χ1) is 12.2. The number of nitrogens with one attached hydrogen (secondary N) is 1. The zero-order chi connectivity index (χ0) is 17.6. The first-order valence-electron chi connectivity index (χ1n) is 8.03. The molecule has 2 aromatic carbocycles. The summed E-state index contributed by atoms with van der Waals surface area (Å²) in [6.07, 6.45) is 1.69. The zero-order valence-corrected chi connectivity index (χ0v) is 13.8. The van der Waals surface area contributed by atoms with Gasteiger partial charge in [-0.05, 0) is 43.3 Å². The van der Waals surface area contributed by atoms with Crippen LogP contribution in [-0.2, 0) is 0 Å². The van der Waals surface area contributed by atoms with E-state index < -0.39 is 11.7 Å². The van der Waals surface area contributed by atoms with Crippen molar-refractivity contribution in [1.29, 1.82) is 0 Å². The van der Waals surface area contributed by atoms with Crippen molar-refractivity contribution < 1.29 is 9.18 Å². The van der Waals surface area contributed by atoms with Crippen molar-refractivity contribution >= 4 is 23.1 Å². The third-order valence-corrected chi connectivity index (χ3v) is 3.80. The van der Waals surface area contributed by atoms with Gasteiger partial charge >= 0.3 is 0 Å². The van der Waals surface area contributed by atoms with Crippen molar-refractivity contribution in [3.8, 4) is 0 Å². The molecule has 0 aliphatic carbocycles. The Bertz CT molecular complexity index is 850. The number of rotatable bonds is 5. The number of para-hydroxylation sites is 1. The third-order valence-electron chi connectivity index (χ3n) is 3.80. The largest absolute Gasteiger partial charge is 0.341 e. The Morgan fingerprint density at radius 2 is 1.72 bits per heavy atom. The molecule has 0 radical (unpaired) electrons. The molecule has 0 saturated carbocycles. The molecule has 1 amide bonds. The number of hydrogen-bond acceptors (Lipinski definition) is 3. The Kier molecular flexibility index (Phi) is 5.04. The average Bonchev–Trinajstić information content (AvgIpc) is 2.65. The Hall–Kier alpha value is -3.21. The molecule has 0 spiro atoms. The van der Waals surface area contributed by atoms with Crippen LogP contribution in [0.1, 0.15) is 17.3 Å². The van der Waals surface area contributed by atoms with E-state index in [4.69, 9.17) is 0 Å². The Labute approximate surface area is 145 Å². The van der Waals surface area contributed by atoms with Gasteiger partial charge in [-0.2, -0.15) is 0 Å². The molecule has 0 fully saturated rings. The van der Waals surface area contributed by atoms with E-state index in [1.54, 1.807) is 24.4 Å². The molecule has 1 heterocycles. The number of nitrogens with zero attached hydrogens (tertiary/aromatic N) is 2. The number of carbonyl (C=O) groups is 1. The molecule has 1 aromatic heterocycles. The molecule has 0 aliphatic heterocycles. The number of pyridine rings is 1. The van der Waals surface area contributed by atoms with Crippen LogP contribution in [0, 0.1) is 5.82 Å². The smallest absolute Gasteiger partial charge is 0.259 e. The maximum atomic E-state index is 13.7. The summed E-state index contributed by atoms with van der Waals surface area (Å²) in [7, 11) is 0. The van der Waals surface area contributed by atoms with Crippen LogP contribution in [0.3, 0.4) is 0 Å². The van der Waals surface area contributed by atoms with Gasteiger partial charge in [0.05, 0.1) is 17.4 Å². The highest BCUT2D eigenvalue weighted by Gasteiger charge is 2.12. The maximum Gasteiger partial charge on any atom is 0.259 e. The summed E-state index contributed by atoms with van der Waals surface area (Å²) in [6.45, 7) is 2.84. The van der Waals surface area contributed by atoms with Crippen molar-refractivity contribution in [1.82, 2.24) is 4.98 Å². The number of amides is 1. The minimum atomic E-state index is -0.558. The highest BCUT2D eigenvalue weighted by Crippen LogP contribution is 2.24. The van der Waals surface area contributed by atoms with Crippen LogP contribution in [0.4, 0.5) is 21.6 Å². The topological polar surface area (TPSA) is 45.2 Å². The van der Waals surface area contributed by atoms with E-state index in [-0.39, 0.29) is 5.56 Å². The zero-order valence-electron chi connectivity index (χ0n) is 13.8. The molecule has 0 aliphatic rings. The van der Waals surface area contributed by atoms with Crippen LogP contribution in [0.2, 0.25) is 0 Å². The normalized spacial score (nSPS) is 10.3. The summed E-state index contributed by atoms with van der Waals surface area (Å²) < 4.78 is 13.7. The van der Waals surface area contributed by atoms with Gasteiger partial charge in [0.15, 0.2) is 0 Å². The van der Waals surface area contributed by atoms with Crippen LogP contribution in [0.5, 0.6) is 0 Å². The van der Waals surface area contributed by atoms with Gasteiger partial charge in [-0.15, -0.1) is 0 Å². The summed E-state index contributed by atoms with van der Waals surface area (Å²) >= 11 is 0. The van der Waals surface area contributed by atoms with E-state index in [1.165, 1.54) is 12.1 Å². The summed E-state index contributed by atoms with van der Waals surface area (Å²) in [5, 5.41) is 2.61. The fraction of sp³-hybridized carbons (Fsp3) is 0.100. The highest BCUT2D eigenvalue weighted by molar-refractivity contribution is 6.03. The number of benzene rings is 2. The summed E-state index contributed by atoms with van der Waals surface area (Å²) in [4.78, 5) is 18.5. The molecule has 0 saturated heterocycles. The molecular formula is C20H18FN3O. The van der Waals surface area contributed by atoms with E-state index in [0.717, 1.165) is 17.9 Å². The number of hydrogen-bond donors (Lipinski definition) is 1. The molecular weight excluding hydrogens is 317 g/mol. The average molecular weight is 335 g/mol. The van der Waals surface area contributed by atoms with Crippen molar-refractivity contribution in [3.63, 3.8) is 0 Å². The SMILES string of the molecule is CCN(c1ccccc1)c1ccc(NC(=O)c2ccccc2F)nc1. The minimum absolute atomic E-state index is 0.00662. The molecule has 4 nitrogen and oxygen atoms in total. The van der Waals surface area contributed by atoms with Gasteiger partial charge < -0.3 is 10.2 Å². The molecule has 1 N–H and O–H groups in total. The Morgan fingerprint density at radius 3 is 2.36 bits per heavy atom. The van der Waals surface area contributed by atoms with Gasteiger partial charge in [0, 0.05) is 12.2 Å². The van der Waals surface area contributed by atoms with Gasteiger partial charge in [-0.1, -0.05) is 30.3 Å². The number of carbonyl (C=O) groups excluding carboxylic acids is 1. The van der Waals surface area contributed by atoms with E-state index in [2.05, 4.69) is 22.1 Å². The van der Waals surface area contributed by atoms with Crippen molar-refractivity contribution in [3.05, 3.63) is 84.3 Å². The third kappa shape index (κ3) is 3.83. The molecule has 0 bridgehead atoms. The Morgan fingerprint density at radius 1 is 1.00 bits per heavy atom. The lowest BCUT2D eigenvalue weighted by molar-refractivity contribution is 0.102. The van der Waals surface area contributed by atoms with E-state index >= 15 is 0 Å². The van der Waals surface area contributed by atoms with Gasteiger partial charge in [0.2, 0.25) is 0 Å². The molecule has 5 heteroatoms. The maximum absolute atomic E-state index is 13.7. The van der Waals surface area contributed by atoms with E-state index in [1.807, 2.05) is 36.4 Å². The Balaban J connectivity index is 1.76. The number of halogens is 1. The highest BCUT2D eigenvalue weighted by atomic mass is 19.1. The minimum Gasteiger partial charge on any atom is -0.341 e. The van der Waals surface area contributed by atoms with Gasteiger partial charge in [-0.25, -0.2) is 9.37 Å². The van der Waals surface area contributed by atoms with Crippen molar-refractivity contribution in [2.24, 2.45) is 0 Å². The lowest BCUT2D eigenvalue weighted by Gasteiger charge is -2.23. The molecule has 3 aromatic rings. The second-order valence-corrected chi connectivity index (χ2v) is 5.42. The molecule has 3 rings (SSSR count). The van der Waals surface area contributed by atoms with Gasteiger partial charge in [0.1, 0.15) is 11.6 Å². The van der Waals surface area contributed by atoms with E-state index in [0.29, 0.717) is 5.82 Å². The second-order valence-electron chi connectivity index (χ2n) is 5.42. The quantitative estimate of drug-likeness (QED) is 0.739. The predicted molar refractivity (Wildman–Crippen MR) is 97.7 cm³/mol. The first-order valence-corrected chi connectivity index (χ1v) is 8.03. The first kappa shape index (κ1) is 16.6. The lowest BCUT2D eigenvalue weighted by atomic mass is 10.2. The van der Waals surface area contributed by atoms with Crippen molar-refractivity contribution in [2.45, 2.75) is 6.92 Å². The number of anilines is 3. The second kappa shape index (κ2) is 7.57. The van der Waals surface area contributed by atoms with Crippen LogP contribution in [0.25, 0.3) is 0 Å². The molecule has 0 atom stereocenters. The summed E-state index contributed by atoms with van der Waals surface area (Å²) in [5.74, 6) is -0.701. The van der Waals surface area contributed by atoms with Crippen molar-refractivity contribution in [2.75, 3.05) is 16.8 Å². The summed E-state index contributed by atoms with van der Waals surface area (Å²) in [6, 6.07) is 19.4. The van der Waals surface area contributed by atoms with Gasteiger partial charge in [-0.3, -0.25) is 4.79 Å². The van der Waals surface area contributed by atoms with Crippen LogP contribution in [-0.4, -0.2) is 17.4 Å². The number of aromatic nitrogens is 1. The fourth-order valence-electron chi connectivity index (χ4n) is 2.57. The monoisotopic (exact) mass is 335 g/mol. The van der Waals surface area contributed by atoms with Gasteiger partial charge in [0.25, 0.3) is 5.91 Å². The lowest BCUT2D eigenvalue weighted by Crippen LogP contribution is -2.17. The van der Waals surface area contributed by atoms with E-state index in [9.17, 15) is 9.18 Å². The molecule has 126 valence electrons. The standard InChI is InChI=1S/C20H18FN3O/c1-2-24(15-8-4-3-5-9-15)16-12-13-19(22-14-16)23-20(25)17-10-6-7-11-18(17)21/h3-14H,2H2,1H3,(H,22,23,25). The van der Waals surface area contributed by atoms with Crippen LogP contribution in [0.15, 0.2) is 72.9 Å². The van der Waals surface area contributed by atoms with Crippen LogP contribution >= 0.6 is 0 Å². The van der Waals surface area contributed by atoms with Crippen LogP contribution < -0.4 is 10.2 Å². The summed E-state index contributed by atoms with van der Waals surface area (Å²) in [5.41, 5.74) is 1.97. The molecule has 25 heavy (non-hydrogen) atoms. The molecule has 0 unspecified atom stereocenters.